The van der Waals surface area contributed by atoms with Gasteiger partial charge in [0.15, 0.2) is 0 Å². The Hall–Kier alpha value is -3.35. The zero-order valence-corrected chi connectivity index (χ0v) is 20.2. The van der Waals surface area contributed by atoms with Gasteiger partial charge in [-0.25, -0.2) is 4.79 Å². The number of carboxylic acid groups (broad SMARTS) is 1. The summed E-state index contributed by atoms with van der Waals surface area (Å²) in [5, 5.41) is 14.8. The summed E-state index contributed by atoms with van der Waals surface area (Å²) in [7, 11) is 0. The average Bonchev–Trinajstić information content (AvgIpc) is 3.16. The molecule has 0 radical (unpaired) electrons. The Morgan fingerprint density at radius 1 is 1.00 bits per heavy atom. The smallest absolute Gasteiger partial charge is 0.407 e. The first-order chi connectivity index (χ1) is 16.9. The minimum Gasteiger partial charge on any atom is -0.481 e. The molecule has 1 fully saturated rings. The number of carbonyl (C=O) groups excluding carboxylic acids is 2. The normalized spacial score (nSPS) is 19.8. The highest BCUT2D eigenvalue weighted by atomic mass is 16.5. The lowest BCUT2D eigenvalue weighted by atomic mass is 9.84. The SMILES string of the molecule is CC(CCNC(=O)C1CCCCC1NC(=O)OCC1c2ccccc2-c2ccccc21)CC(=O)O. The van der Waals surface area contributed by atoms with Crippen LogP contribution in [-0.4, -0.2) is 42.3 Å². The molecule has 0 aromatic heterocycles. The third-order valence-electron chi connectivity index (χ3n) is 7.21. The monoisotopic (exact) mass is 478 g/mol. The molecular formula is C28H34N2O5. The molecule has 2 amide bonds. The summed E-state index contributed by atoms with van der Waals surface area (Å²) in [6, 6.07) is 16.1. The lowest BCUT2D eigenvalue weighted by Gasteiger charge is -2.31. The maximum Gasteiger partial charge on any atom is 0.407 e. The summed E-state index contributed by atoms with van der Waals surface area (Å²) in [5.74, 6) is -1.24. The Bertz CT molecular complexity index is 1020. The van der Waals surface area contributed by atoms with Gasteiger partial charge in [0.05, 0.1) is 5.92 Å². The highest BCUT2D eigenvalue weighted by Crippen LogP contribution is 2.44. The highest BCUT2D eigenvalue weighted by Gasteiger charge is 2.33. The van der Waals surface area contributed by atoms with Crippen LogP contribution in [0.3, 0.4) is 0 Å². The number of rotatable bonds is 9. The van der Waals surface area contributed by atoms with Gasteiger partial charge in [-0.3, -0.25) is 9.59 Å². The van der Waals surface area contributed by atoms with Crippen molar-refractivity contribution >= 4 is 18.0 Å². The largest absolute Gasteiger partial charge is 0.481 e. The minimum absolute atomic E-state index is 0.00564. The Labute approximate surface area is 206 Å². The molecule has 4 rings (SSSR count). The van der Waals surface area contributed by atoms with Crippen LogP contribution in [-0.2, 0) is 14.3 Å². The molecule has 0 aliphatic heterocycles. The van der Waals surface area contributed by atoms with Crippen molar-refractivity contribution in [3.63, 3.8) is 0 Å². The summed E-state index contributed by atoms with van der Waals surface area (Å²) in [6.07, 6.45) is 3.54. The van der Waals surface area contributed by atoms with Crippen LogP contribution in [0.5, 0.6) is 0 Å². The fourth-order valence-electron chi connectivity index (χ4n) is 5.38. The standard InChI is InChI=1S/C28H34N2O5/c1-18(16-26(31)32)14-15-29-27(33)23-12-6-7-13-25(23)30-28(34)35-17-24-21-10-4-2-8-19(21)20-9-3-5-11-22(20)24/h2-5,8-11,18,23-25H,6-7,12-17H2,1H3,(H,29,33)(H,30,34)(H,31,32). The summed E-state index contributed by atoms with van der Waals surface area (Å²) >= 11 is 0. The molecule has 3 unspecified atom stereocenters. The molecular weight excluding hydrogens is 444 g/mol. The molecule has 2 aliphatic carbocycles. The van der Waals surface area contributed by atoms with Gasteiger partial charge in [0.1, 0.15) is 6.61 Å². The van der Waals surface area contributed by atoms with Crippen molar-refractivity contribution in [2.45, 2.75) is 57.4 Å². The zero-order chi connectivity index (χ0) is 24.8. The van der Waals surface area contributed by atoms with Gasteiger partial charge in [-0.2, -0.15) is 0 Å². The Morgan fingerprint density at radius 2 is 1.63 bits per heavy atom. The molecule has 0 heterocycles. The first-order valence-electron chi connectivity index (χ1n) is 12.5. The Morgan fingerprint density at radius 3 is 2.29 bits per heavy atom. The van der Waals surface area contributed by atoms with Crippen molar-refractivity contribution in [1.29, 1.82) is 0 Å². The second-order valence-electron chi connectivity index (χ2n) is 9.75. The average molecular weight is 479 g/mol. The number of fused-ring (bicyclic) bond motifs is 3. The second kappa shape index (κ2) is 11.4. The Balaban J connectivity index is 1.31. The molecule has 2 aliphatic rings. The van der Waals surface area contributed by atoms with Crippen LogP contribution < -0.4 is 10.6 Å². The second-order valence-corrected chi connectivity index (χ2v) is 9.75. The van der Waals surface area contributed by atoms with Crippen LogP contribution in [0.2, 0.25) is 0 Å². The van der Waals surface area contributed by atoms with Gasteiger partial charge in [-0.15, -0.1) is 0 Å². The number of alkyl carbamates (subject to hydrolysis) is 1. The molecule has 0 saturated heterocycles. The van der Waals surface area contributed by atoms with Gasteiger partial charge in [-0.1, -0.05) is 68.3 Å². The van der Waals surface area contributed by atoms with Crippen molar-refractivity contribution in [1.82, 2.24) is 10.6 Å². The molecule has 0 spiro atoms. The van der Waals surface area contributed by atoms with E-state index in [1.807, 2.05) is 31.2 Å². The summed E-state index contributed by atoms with van der Waals surface area (Å²) in [6.45, 7) is 2.54. The number of amides is 2. The van der Waals surface area contributed by atoms with E-state index >= 15 is 0 Å². The minimum atomic E-state index is -0.830. The number of nitrogens with one attached hydrogen (secondary N) is 2. The van der Waals surface area contributed by atoms with Gasteiger partial charge in [-0.05, 0) is 47.4 Å². The lowest BCUT2D eigenvalue weighted by molar-refractivity contribution is -0.138. The van der Waals surface area contributed by atoms with E-state index < -0.39 is 12.1 Å². The van der Waals surface area contributed by atoms with Crippen molar-refractivity contribution in [2.75, 3.05) is 13.2 Å². The van der Waals surface area contributed by atoms with E-state index in [2.05, 4.69) is 34.9 Å². The summed E-state index contributed by atoms with van der Waals surface area (Å²) in [4.78, 5) is 36.4. The highest BCUT2D eigenvalue weighted by molar-refractivity contribution is 5.81. The molecule has 3 atom stereocenters. The van der Waals surface area contributed by atoms with Crippen LogP contribution in [0.15, 0.2) is 48.5 Å². The van der Waals surface area contributed by atoms with E-state index in [9.17, 15) is 14.4 Å². The van der Waals surface area contributed by atoms with Crippen LogP contribution >= 0.6 is 0 Å². The molecule has 7 nitrogen and oxygen atoms in total. The molecule has 186 valence electrons. The predicted octanol–water partition coefficient (Wildman–Crippen LogP) is 4.70. The first kappa shape index (κ1) is 24.8. The fraction of sp³-hybridized carbons (Fsp3) is 0.464. The van der Waals surface area contributed by atoms with Gasteiger partial charge >= 0.3 is 12.1 Å². The maximum absolute atomic E-state index is 12.8. The van der Waals surface area contributed by atoms with Crippen LogP contribution in [0.1, 0.15) is 62.5 Å². The zero-order valence-electron chi connectivity index (χ0n) is 20.2. The number of ether oxygens (including phenoxy) is 1. The van der Waals surface area contributed by atoms with Crippen LogP contribution in [0, 0.1) is 11.8 Å². The van der Waals surface area contributed by atoms with Crippen molar-refractivity contribution in [3.8, 4) is 11.1 Å². The van der Waals surface area contributed by atoms with Gasteiger partial charge in [0.25, 0.3) is 0 Å². The third-order valence-corrected chi connectivity index (χ3v) is 7.21. The molecule has 2 aromatic carbocycles. The molecule has 7 heteroatoms. The number of carboxylic acids is 1. The number of aliphatic carboxylic acids is 1. The van der Waals surface area contributed by atoms with Crippen LogP contribution in [0.4, 0.5) is 4.79 Å². The molecule has 3 N–H and O–H groups in total. The molecule has 1 saturated carbocycles. The molecule has 0 bridgehead atoms. The predicted molar refractivity (Wildman–Crippen MR) is 133 cm³/mol. The van der Waals surface area contributed by atoms with Crippen LogP contribution in [0.25, 0.3) is 11.1 Å². The van der Waals surface area contributed by atoms with Crippen molar-refractivity contribution < 1.29 is 24.2 Å². The number of carbonyl (C=O) groups is 3. The van der Waals surface area contributed by atoms with Crippen molar-refractivity contribution in [3.05, 3.63) is 59.7 Å². The van der Waals surface area contributed by atoms with E-state index in [1.165, 1.54) is 11.1 Å². The lowest BCUT2D eigenvalue weighted by Crippen LogP contribution is -2.48. The quantitative estimate of drug-likeness (QED) is 0.485. The van der Waals surface area contributed by atoms with E-state index in [0.717, 1.165) is 30.4 Å². The first-order valence-corrected chi connectivity index (χ1v) is 12.5. The topological polar surface area (TPSA) is 105 Å². The van der Waals surface area contributed by atoms with E-state index in [0.29, 0.717) is 19.4 Å². The van der Waals surface area contributed by atoms with E-state index in [-0.39, 0.29) is 42.7 Å². The third kappa shape index (κ3) is 6.02. The van der Waals surface area contributed by atoms with E-state index in [1.54, 1.807) is 0 Å². The van der Waals surface area contributed by atoms with Crippen molar-refractivity contribution in [2.24, 2.45) is 11.8 Å². The number of benzene rings is 2. The Kier molecular flexibility index (Phi) is 8.06. The van der Waals surface area contributed by atoms with E-state index in [4.69, 9.17) is 9.84 Å². The molecule has 35 heavy (non-hydrogen) atoms. The number of hydrogen-bond donors (Lipinski definition) is 3. The maximum atomic E-state index is 12.8. The van der Waals surface area contributed by atoms with Gasteiger partial charge in [0.2, 0.25) is 5.91 Å². The summed E-state index contributed by atoms with van der Waals surface area (Å²) in [5.41, 5.74) is 4.68. The van der Waals surface area contributed by atoms with Gasteiger partial charge < -0.3 is 20.5 Å². The molecule has 2 aromatic rings. The van der Waals surface area contributed by atoms with Gasteiger partial charge in [0, 0.05) is 24.9 Å². The summed E-state index contributed by atoms with van der Waals surface area (Å²) < 4.78 is 5.68. The fourth-order valence-corrected chi connectivity index (χ4v) is 5.38. The number of hydrogen-bond acceptors (Lipinski definition) is 4.